The number of unbranched alkanes of at least 4 members (excludes halogenated alkanes) is 6. The molecule has 59 heavy (non-hydrogen) atoms. The van der Waals surface area contributed by atoms with E-state index >= 15 is 0 Å². The molecule has 2 N–H and O–H groups in total. The van der Waals surface area contributed by atoms with Crippen LogP contribution >= 0.6 is 0 Å². The van der Waals surface area contributed by atoms with E-state index in [4.69, 9.17) is 4.74 Å². The Balaban J connectivity index is 1.56. The highest BCUT2D eigenvalue weighted by Crippen LogP contribution is 2.48. The Morgan fingerprint density at radius 2 is 0.847 bits per heavy atom. The van der Waals surface area contributed by atoms with E-state index in [9.17, 15) is 28.8 Å². The second-order valence-electron chi connectivity index (χ2n) is 16.5. The van der Waals surface area contributed by atoms with E-state index in [1.165, 1.54) is 0 Å². The number of nitrogens with one attached hydrogen (secondary N) is 2. The number of carbonyl (C=O) groups is 6. The van der Waals surface area contributed by atoms with E-state index in [2.05, 4.69) is 24.5 Å². The summed E-state index contributed by atoms with van der Waals surface area (Å²) in [5.41, 5.74) is -1.70. The van der Waals surface area contributed by atoms with Crippen molar-refractivity contribution in [2.75, 3.05) is 0 Å². The van der Waals surface area contributed by atoms with Crippen LogP contribution in [0, 0.1) is 0 Å². The summed E-state index contributed by atoms with van der Waals surface area (Å²) in [5.74, 6) is -3.07. The Hall–Kier alpha value is -5.70. The van der Waals surface area contributed by atoms with Gasteiger partial charge in [0.15, 0.2) is 11.1 Å². The first-order valence-corrected chi connectivity index (χ1v) is 21.3. The monoisotopic (exact) mass is 796 g/mol. The van der Waals surface area contributed by atoms with Crippen LogP contribution in [-0.2, 0) is 20.7 Å². The van der Waals surface area contributed by atoms with Gasteiger partial charge in [0.05, 0.1) is 0 Å². The second-order valence-corrected chi connectivity index (χ2v) is 16.5. The van der Waals surface area contributed by atoms with Gasteiger partial charge in [0, 0.05) is 46.2 Å². The summed E-state index contributed by atoms with van der Waals surface area (Å²) in [4.78, 5) is 86.8. The van der Waals surface area contributed by atoms with Crippen molar-refractivity contribution >= 4 is 34.9 Å². The first-order valence-electron chi connectivity index (χ1n) is 21.3. The van der Waals surface area contributed by atoms with Gasteiger partial charge in [0.2, 0.25) is 34.9 Å². The number of ether oxygens (including phenoxy) is 1. The minimum absolute atomic E-state index is 0.0185. The molecular formula is C50H56N2O7. The van der Waals surface area contributed by atoms with Crippen molar-refractivity contribution in [3.63, 3.8) is 0 Å². The van der Waals surface area contributed by atoms with Gasteiger partial charge in [-0.2, -0.15) is 0 Å². The molecule has 0 saturated heterocycles. The number of benzene rings is 4. The first kappa shape index (κ1) is 42.9. The minimum Gasteiger partial charge on any atom is -0.457 e. The van der Waals surface area contributed by atoms with Crippen molar-refractivity contribution in [2.45, 2.75) is 129 Å². The molecule has 0 atom stereocenters. The molecule has 0 aliphatic heterocycles. The molecule has 0 unspecified atom stereocenters. The SMILES string of the molecule is CCCCCCC(=O)NC1(c2ccc(C(C)C)cc2Oc2cc(C(C)C)ccc2C2(NC(=O)CCCCCC)C(=O)c3ccccc3C2=O)C(=O)c2ccccc2C1=O. The molecule has 0 radical (unpaired) electrons. The first-order chi connectivity index (χ1) is 28.3. The Morgan fingerprint density at radius 1 is 0.508 bits per heavy atom. The van der Waals surface area contributed by atoms with E-state index < -0.39 is 46.0 Å². The number of Topliss-reactive ketones (excluding diaryl/α,β-unsaturated/α-hetero) is 4. The van der Waals surface area contributed by atoms with Crippen molar-refractivity contribution in [3.05, 3.63) is 129 Å². The van der Waals surface area contributed by atoms with Crippen LogP contribution in [0.5, 0.6) is 11.5 Å². The van der Waals surface area contributed by atoms with Crippen molar-refractivity contribution in [2.24, 2.45) is 0 Å². The summed E-state index contributed by atoms with van der Waals surface area (Å²) < 4.78 is 6.97. The molecule has 308 valence electrons. The molecule has 6 rings (SSSR count). The predicted molar refractivity (Wildman–Crippen MR) is 229 cm³/mol. The van der Waals surface area contributed by atoms with Crippen LogP contribution in [0.25, 0.3) is 0 Å². The Kier molecular flexibility index (Phi) is 13.1. The highest BCUT2D eigenvalue weighted by Gasteiger charge is 2.58. The van der Waals surface area contributed by atoms with Crippen molar-refractivity contribution < 1.29 is 33.5 Å². The number of hydrogen-bond acceptors (Lipinski definition) is 7. The van der Waals surface area contributed by atoms with Crippen LogP contribution in [0.4, 0.5) is 0 Å². The Bertz CT molecular complexity index is 2060. The maximum Gasteiger partial charge on any atom is 0.221 e. The van der Waals surface area contributed by atoms with Gasteiger partial charge in [-0.05, 0) is 47.9 Å². The second kappa shape index (κ2) is 18.1. The van der Waals surface area contributed by atoms with Gasteiger partial charge in [0.25, 0.3) is 0 Å². The fourth-order valence-corrected chi connectivity index (χ4v) is 8.29. The minimum atomic E-state index is -2.16. The average Bonchev–Trinajstić information content (AvgIpc) is 3.57. The maximum atomic E-state index is 14.8. The average molecular weight is 797 g/mol. The number of rotatable bonds is 18. The molecule has 0 heterocycles. The predicted octanol–water partition coefficient (Wildman–Crippen LogP) is 10.4. The van der Waals surface area contributed by atoms with Crippen LogP contribution < -0.4 is 15.4 Å². The van der Waals surface area contributed by atoms with E-state index in [-0.39, 0.29) is 69.6 Å². The fraction of sp³-hybridized carbons (Fsp3) is 0.400. The molecule has 4 aromatic rings. The third-order valence-corrected chi connectivity index (χ3v) is 11.7. The van der Waals surface area contributed by atoms with Crippen LogP contribution in [0.1, 0.15) is 181 Å². The van der Waals surface area contributed by atoms with E-state index in [1.54, 1.807) is 72.8 Å². The van der Waals surface area contributed by atoms with Gasteiger partial charge < -0.3 is 15.4 Å². The standard InChI is InChI=1S/C50H56N2O7/c1-7-9-11-13-23-43(53)51-49(45(55)35-19-15-16-20-36(35)46(49)56)39-27-25-33(31(3)4)29-41(39)59-42-30-34(32(5)6)26-28-40(42)50(52-44(54)24-14-12-10-8-2)47(57)37-21-17-18-22-38(37)48(50)58/h15-22,25-32H,7-14,23-24H2,1-6H3,(H,51,53)(H,52,54). The van der Waals surface area contributed by atoms with Crippen LogP contribution in [0.15, 0.2) is 84.9 Å². The number of carbonyl (C=O) groups excluding carboxylic acids is 6. The normalized spacial score (nSPS) is 15.1. The Labute approximate surface area is 347 Å². The Morgan fingerprint density at radius 3 is 1.15 bits per heavy atom. The zero-order chi connectivity index (χ0) is 42.5. The summed E-state index contributed by atoms with van der Waals surface area (Å²) in [7, 11) is 0. The maximum absolute atomic E-state index is 14.8. The molecule has 9 nitrogen and oxygen atoms in total. The number of amides is 2. The lowest BCUT2D eigenvalue weighted by Gasteiger charge is -2.32. The van der Waals surface area contributed by atoms with Crippen molar-refractivity contribution in [1.82, 2.24) is 10.6 Å². The lowest BCUT2D eigenvalue weighted by molar-refractivity contribution is -0.123. The van der Waals surface area contributed by atoms with E-state index in [1.807, 2.05) is 39.8 Å². The summed E-state index contributed by atoms with van der Waals surface area (Å²) in [6, 6.07) is 23.5. The van der Waals surface area contributed by atoms with Crippen molar-refractivity contribution in [3.8, 4) is 11.5 Å². The van der Waals surface area contributed by atoms with Gasteiger partial charge in [-0.15, -0.1) is 0 Å². The number of ketones is 4. The summed E-state index contributed by atoms with van der Waals surface area (Å²) in [6.45, 7) is 12.1. The molecule has 2 amide bonds. The van der Waals surface area contributed by atoms with Crippen molar-refractivity contribution in [1.29, 1.82) is 0 Å². The zero-order valence-electron chi connectivity index (χ0n) is 35.2. The van der Waals surface area contributed by atoms with E-state index in [0.29, 0.717) is 12.8 Å². The van der Waals surface area contributed by atoms with E-state index in [0.717, 1.165) is 49.7 Å². The van der Waals surface area contributed by atoms with Gasteiger partial charge in [-0.3, -0.25) is 28.8 Å². The molecule has 0 spiro atoms. The molecule has 4 aromatic carbocycles. The lowest BCUT2D eigenvalue weighted by Crippen LogP contribution is -2.54. The topological polar surface area (TPSA) is 136 Å². The van der Waals surface area contributed by atoms with Gasteiger partial charge in [-0.25, -0.2) is 0 Å². The summed E-state index contributed by atoms with van der Waals surface area (Å²) in [6.07, 6.45) is 6.91. The molecule has 0 fully saturated rings. The third-order valence-electron chi connectivity index (χ3n) is 11.7. The van der Waals surface area contributed by atoms with Gasteiger partial charge >= 0.3 is 0 Å². The molecular weight excluding hydrogens is 741 g/mol. The number of hydrogen-bond donors (Lipinski definition) is 2. The van der Waals surface area contributed by atoms with Crippen LogP contribution in [0.3, 0.4) is 0 Å². The van der Waals surface area contributed by atoms with Gasteiger partial charge in [0.1, 0.15) is 11.5 Å². The van der Waals surface area contributed by atoms with Gasteiger partial charge in [-0.1, -0.05) is 153 Å². The zero-order valence-corrected chi connectivity index (χ0v) is 35.2. The highest BCUT2D eigenvalue weighted by molar-refractivity contribution is 6.35. The molecule has 0 bridgehead atoms. The smallest absolute Gasteiger partial charge is 0.221 e. The largest absolute Gasteiger partial charge is 0.457 e. The van der Waals surface area contributed by atoms with Crippen LogP contribution in [-0.4, -0.2) is 34.9 Å². The fourth-order valence-electron chi connectivity index (χ4n) is 8.29. The molecule has 9 heteroatoms. The molecule has 2 aliphatic carbocycles. The molecule has 0 saturated carbocycles. The summed E-state index contributed by atoms with van der Waals surface area (Å²) >= 11 is 0. The quantitative estimate of drug-likeness (QED) is 0.0756. The van der Waals surface area contributed by atoms with Crippen LogP contribution in [0.2, 0.25) is 0 Å². The molecule has 0 aromatic heterocycles. The highest BCUT2D eigenvalue weighted by atomic mass is 16.5. The summed E-state index contributed by atoms with van der Waals surface area (Å²) in [5, 5.41) is 5.82. The lowest BCUT2D eigenvalue weighted by atomic mass is 9.81. The third kappa shape index (κ3) is 8.04. The molecule has 2 aliphatic rings. The number of fused-ring (bicyclic) bond motifs is 2.